The molecule has 0 atom stereocenters. The number of carbonyl (C=O) groups excluding carboxylic acids is 1. The molecule has 0 N–H and O–H groups in total. The van der Waals surface area contributed by atoms with Crippen LogP contribution in [0, 0.1) is 0 Å². The van der Waals surface area contributed by atoms with E-state index in [1.807, 2.05) is 11.4 Å². The molecule has 78 valence electrons. The van der Waals surface area contributed by atoms with Gasteiger partial charge in [0.1, 0.15) is 0 Å². The Kier molecular flexibility index (Phi) is 3.13. The quantitative estimate of drug-likeness (QED) is 0.773. The second kappa shape index (κ2) is 4.55. The summed E-state index contributed by atoms with van der Waals surface area (Å²) >= 11 is 3.18. The molecule has 2 heterocycles. The zero-order valence-electron chi connectivity index (χ0n) is 8.10. The van der Waals surface area contributed by atoms with Gasteiger partial charge < -0.3 is 4.74 Å². The lowest BCUT2D eigenvalue weighted by Gasteiger charge is -1.92. The van der Waals surface area contributed by atoms with E-state index in [0.717, 1.165) is 11.4 Å². The summed E-state index contributed by atoms with van der Waals surface area (Å²) in [6.07, 6.45) is 0.791. The molecular weight excluding hydrogens is 230 g/mol. The van der Waals surface area contributed by atoms with E-state index in [1.165, 1.54) is 23.3 Å². The third kappa shape index (κ3) is 2.43. The number of hydrogen-bond donors (Lipinski definition) is 0. The molecule has 0 aliphatic carbocycles. The molecule has 0 saturated carbocycles. The number of ether oxygens (including phenoxy) is 1. The van der Waals surface area contributed by atoms with E-state index in [0.29, 0.717) is 5.69 Å². The number of nitrogens with zero attached hydrogens (tertiary/aromatic N) is 1. The van der Waals surface area contributed by atoms with Gasteiger partial charge in [0.05, 0.1) is 12.1 Å². The van der Waals surface area contributed by atoms with Crippen molar-refractivity contribution in [2.75, 3.05) is 7.11 Å². The molecule has 5 heteroatoms. The second-order valence-corrected chi connectivity index (χ2v) is 4.85. The van der Waals surface area contributed by atoms with Crippen molar-refractivity contribution in [1.29, 1.82) is 0 Å². The van der Waals surface area contributed by atoms with Crippen molar-refractivity contribution in [2.24, 2.45) is 0 Å². The van der Waals surface area contributed by atoms with Crippen molar-refractivity contribution < 1.29 is 9.53 Å². The molecule has 0 aliphatic heterocycles. The Bertz CT molecular complexity index is 448. The second-order valence-electron chi connectivity index (χ2n) is 2.87. The maximum atomic E-state index is 11.2. The summed E-state index contributed by atoms with van der Waals surface area (Å²) in [5.74, 6) is -0.372. The van der Waals surface area contributed by atoms with Crippen molar-refractivity contribution in [2.45, 2.75) is 6.42 Å². The van der Waals surface area contributed by atoms with Crippen LogP contribution in [0.4, 0.5) is 0 Å². The van der Waals surface area contributed by atoms with Gasteiger partial charge in [-0.1, -0.05) is 6.07 Å². The zero-order valence-corrected chi connectivity index (χ0v) is 9.73. The van der Waals surface area contributed by atoms with Crippen molar-refractivity contribution >= 4 is 28.6 Å². The Hall–Kier alpha value is -1.20. The molecule has 0 aliphatic rings. The van der Waals surface area contributed by atoms with E-state index in [9.17, 15) is 4.79 Å². The Morgan fingerprint density at radius 2 is 2.40 bits per heavy atom. The zero-order chi connectivity index (χ0) is 10.7. The van der Waals surface area contributed by atoms with Crippen molar-refractivity contribution in [3.05, 3.63) is 38.5 Å². The maximum absolute atomic E-state index is 11.2. The first kappa shape index (κ1) is 10.3. The van der Waals surface area contributed by atoms with Crippen LogP contribution < -0.4 is 0 Å². The van der Waals surface area contributed by atoms with Crippen LogP contribution in [0.15, 0.2) is 22.9 Å². The number of esters is 1. The lowest BCUT2D eigenvalue weighted by Crippen LogP contribution is -2.01. The molecule has 0 fully saturated rings. The molecule has 2 aromatic heterocycles. The summed E-state index contributed by atoms with van der Waals surface area (Å²) in [5, 5.41) is 4.71. The normalized spacial score (nSPS) is 10.2. The van der Waals surface area contributed by atoms with E-state index < -0.39 is 0 Å². The van der Waals surface area contributed by atoms with Gasteiger partial charge >= 0.3 is 5.97 Å². The lowest BCUT2D eigenvalue weighted by atomic mass is 10.3. The van der Waals surface area contributed by atoms with Gasteiger partial charge in [-0.3, -0.25) is 0 Å². The molecule has 0 spiro atoms. The Labute approximate surface area is 95.4 Å². The van der Waals surface area contributed by atoms with Crippen molar-refractivity contribution in [3.8, 4) is 0 Å². The van der Waals surface area contributed by atoms with Crippen LogP contribution in [0.3, 0.4) is 0 Å². The van der Waals surface area contributed by atoms with Gasteiger partial charge in [0.2, 0.25) is 0 Å². The smallest absolute Gasteiger partial charge is 0.357 e. The standard InChI is InChI=1S/C10H9NO2S2/c1-13-10(12)8-6-15-9(11-8)5-7-3-2-4-14-7/h2-4,6H,5H2,1H3. The Balaban J connectivity index is 2.11. The number of thiazole rings is 1. The van der Waals surface area contributed by atoms with Crippen LogP contribution in [0.5, 0.6) is 0 Å². The number of rotatable bonds is 3. The highest BCUT2D eigenvalue weighted by Gasteiger charge is 2.10. The monoisotopic (exact) mass is 239 g/mol. The average Bonchev–Trinajstić information content (AvgIpc) is 2.88. The van der Waals surface area contributed by atoms with E-state index in [1.54, 1.807) is 16.7 Å². The molecule has 0 radical (unpaired) electrons. The Morgan fingerprint density at radius 1 is 1.53 bits per heavy atom. The predicted molar refractivity (Wildman–Crippen MR) is 60.6 cm³/mol. The summed E-state index contributed by atoms with van der Waals surface area (Å²) in [7, 11) is 1.36. The van der Waals surface area contributed by atoms with Gasteiger partial charge in [-0.25, -0.2) is 9.78 Å². The van der Waals surface area contributed by atoms with Crippen LogP contribution in [-0.2, 0) is 11.2 Å². The van der Waals surface area contributed by atoms with Gasteiger partial charge in [0.25, 0.3) is 0 Å². The van der Waals surface area contributed by atoms with E-state index in [-0.39, 0.29) is 5.97 Å². The van der Waals surface area contributed by atoms with E-state index in [4.69, 9.17) is 0 Å². The first-order chi connectivity index (χ1) is 7.29. The molecule has 0 aromatic carbocycles. The molecule has 2 rings (SSSR count). The van der Waals surface area contributed by atoms with Crippen LogP contribution >= 0.6 is 22.7 Å². The fourth-order valence-electron chi connectivity index (χ4n) is 1.15. The third-order valence-corrected chi connectivity index (χ3v) is 3.58. The average molecular weight is 239 g/mol. The summed E-state index contributed by atoms with van der Waals surface area (Å²) in [5.41, 5.74) is 0.397. The third-order valence-electron chi connectivity index (χ3n) is 1.85. The minimum absolute atomic E-state index is 0.372. The predicted octanol–water partition coefficient (Wildman–Crippen LogP) is 2.58. The highest BCUT2D eigenvalue weighted by molar-refractivity contribution is 7.11. The molecule has 0 amide bonds. The molecule has 0 bridgehead atoms. The van der Waals surface area contributed by atoms with Gasteiger partial charge in [0, 0.05) is 16.7 Å². The highest BCUT2D eigenvalue weighted by Crippen LogP contribution is 2.18. The van der Waals surface area contributed by atoms with Crippen molar-refractivity contribution in [3.63, 3.8) is 0 Å². The van der Waals surface area contributed by atoms with Gasteiger partial charge in [-0.15, -0.1) is 22.7 Å². The lowest BCUT2D eigenvalue weighted by molar-refractivity contribution is 0.0595. The largest absolute Gasteiger partial charge is 0.464 e. The van der Waals surface area contributed by atoms with Crippen LogP contribution in [-0.4, -0.2) is 18.1 Å². The summed E-state index contributed by atoms with van der Waals surface area (Å²) in [6, 6.07) is 4.07. The topological polar surface area (TPSA) is 39.2 Å². The summed E-state index contributed by atoms with van der Waals surface area (Å²) in [6.45, 7) is 0. The molecule has 15 heavy (non-hydrogen) atoms. The van der Waals surface area contributed by atoms with Crippen LogP contribution in [0.2, 0.25) is 0 Å². The Morgan fingerprint density at radius 3 is 3.07 bits per heavy atom. The fourth-order valence-corrected chi connectivity index (χ4v) is 2.74. The minimum atomic E-state index is -0.372. The number of aromatic nitrogens is 1. The first-order valence-corrected chi connectivity index (χ1v) is 6.10. The number of hydrogen-bond acceptors (Lipinski definition) is 5. The number of methoxy groups -OCH3 is 1. The number of thiophene rings is 1. The van der Waals surface area contributed by atoms with Gasteiger partial charge in [-0.2, -0.15) is 0 Å². The number of carbonyl (C=O) groups is 1. The molecule has 0 saturated heterocycles. The molecule has 0 unspecified atom stereocenters. The molecular formula is C10H9NO2S2. The van der Waals surface area contributed by atoms with Gasteiger partial charge in [0.15, 0.2) is 5.69 Å². The molecule has 2 aromatic rings. The SMILES string of the molecule is COC(=O)c1csc(Cc2cccs2)n1. The fraction of sp³-hybridized carbons (Fsp3) is 0.200. The summed E-state index contributed by atoms with van der Waals surface area (Å²) < 4.78 is 4.59. The van der Waals surface area contributed by atoms with Crippen molar-refractivity contribution in [1.82, 2.24) is 4.98 Å². The minimum Gasteiger partial charge on any atom is -0.464 e. The highest BCUT2D eigenvalue weighted by atomic mass is 32.1. The van der Waals surface area contributed by atoms with Gasteiger partial charge in [-0.05, 0) is 11.4 Å². The first-order valence-electron chi connectivity index (χ1n) is 4.34. The van der Waals surface area contributed by atoms with E-state index in [2.05, 4.69) is 15.8 Å². The van der Waals surface area contributed by atoms with E-state index >= 15 is 0 Å². The van der Waals surface area contributed by atoms with Crippen LogP contribution in [0.1, 0.15) is 20.4 Å². The van der Waals surface area contributed by atoms with Crippen LogP contribution in [0.25, 0.3) is 0 Å². The summed E-state index contributed by atoms with van der Waals surface area (Å²) in [4.78, 5) is 16.6. The molecule has 3 nitrogen and oxygen atoms in total. The maximum Gasteiger partial charge on any atom is 0.357 e.